The number of aliphatic hydroxyl groups excluding tert-OH is 7. The third kappa shape index (κ3) is 11.9. The summed E-state index contributed by atoms with van der Waals surface area (Å²) >= 11 is 0. The molecule has 3 aliphatic carbocycles. The number of guanidine groups is 1. The molecule has 25 nitrogen and oxygen atoms in total. The van der Waals surface area contributed by atoms with Crippen LogP contribution in [0, 0.1) is 23.7 Å². The van der Waals surface area contributed by atoms with E-state index in [4.69, 9.17) is 15.2 Å². The smallest absolute Gasteiger partial charge is 0.355 e. The molecule has 13 atom stereocenters. The highest BCUT2D eigenvalue weighted by atomic mass is 16.8. The van der Waals surface area contributed by atoms with Crippen molar-refractivity contribution < 1.29 is 85.4 Å². The van der Waals surface area contributed by atoms with Crippen molar-refractivity contribution in [3.8, 4) is 28.7 Å². The van der Waals surface area contributed by atoms with Crippen LogP contribution in [0.25, 0.3) is 6.08 Å². The highest BCUT2D eigenvalue weighted by Crippen LogP contribution is 2.72. The molecule has 0 radical (unpaired) electrons. The summed E-state index contributed by atoms with van der Waals surface area (Å²) in [5, 5.41) is 157. The van der Waals surface area contributed by atoms with E-state index >= 15 is 9.59 Å². The number of imidazole rings is 1. The average molecular weight is 1270 g/mol. The van der Waals surface area contributed by atoms with Crippen LogP contribution in [0.2, 0.25) is 0 Å². The summed E-state index contributed by atoms with van der Waals surface area (Å²) in [6.45, 7) is -0.807. The number of aliphatic imine (C=N–C) groups is 1. The first kappa shape index (κ1) is 65.0. The molecule has 4 heterocycles. The number of carboxylic acid groups (broad SMARTS) is 1. The predicted octanol–water partition coefficient (Wildman–Crippen LogP) is 3.36. The third-order valence-corrected chi connectivity index (χ3v) is 19.6. The Hall–Kier alpha value is -8.50. The maximum atomic E-state index is 15.9. The average Bonchev–Trinajstić information content (AvgIpc) is 1.47. The molecule has 0 spiro atoms. The number of carbonyl (C=O) groups is 2. The molecular weight excluding hydrogens is 1190 g/mol. The van der Waals surface area contributed by atoms with Crippen molar-refractivity contribution in [2.24, 2.45) is 34.4 Å². The number of aryl methyl sites for hydroxylation is 1. The zero-order valence-corrected chi connectivity index (χ0v) is 50.4. The number of ether oxygens (including phenoxy) is 2. The summed E-state index contributed by atoms with van der Waals surface area (Å²) in [4.78, 5) is 47.1. The number of nitrogens with one attached hydrogen (secondary N) is 4. The first-order valence-electron chi connectivity index (χ1n) is 31.1. The third-order valence-electron chi connectivity index (χ3n) is 19.6. The number of H-pyrrole nitrogens is 2. The number of benzene rings is 4. The molecule has 1 saturated heterocycles. The molecule has 19 N–H and O–H groups in total. The van der Waals surface area contributed by atoms with Gasteiger partial charge in [0.05, 0.1) is 37.0 Å². The SMILES string of the molecule is NC(=NCc1ccccc1)NCCCC(O)CCC1=CC2(C(=O)O)C(c3c(cc(OC4(O)OC(CO)C(O)C(O)C4O)c(O)c3O)N2C(=O)C=Cc2ccc(O)c(Cc3[nH]cnc3CCNc3ccc[nH]3)c2)C1C12c3c(O)cccc3CCC1CCC(CO)C2CO. The number of aliphatic carboxylic acids is 1. The zero-order valence-electron chi connectivity index (χ0n) is 50.4. The number of rotatable bonds is 24. The van der Waals surface area contributed by atoms with Crippen LogP contribution in [0.1, 0.15) is 95.6 Å². The number of hydrogen-bond donors (Lipinski definition) is 18. The maximum Gasteiger partial charge on any atom is 0.355 e. The molecule has 5 aliphatic rings. The summed E-state index contributed by atoms with van der Waals surface area (Å²) in [7, 11) is 0. The van der Waals surface area contributed by atoms with Gasteiger partial charge in [-0.1, -0.05) is 54.1 Å². The van der Waals surface area contributed by atoms with Gasteiger partial charge in [-0.2, -0.15) is 0 Å². The first-order chi connectivity index (χ1) is 44.3. The lowest BCUT2D eigenvalue weighted by atomic mass is 9.43. The first-order valence-corrected chi connectivity index (χ1v) is 31.1. The zero-order chi connectivity index (χ0) is 65.2. The number of phenols is 4. The van der Waals surface area contributed by atoms with Gasteiger partial charge in [-0.15, -0.1) is 0 Å². The van der Waals surface area contributed by atoms with E-state index in [-0.39, 0.29) is 48.7 Å². The summed E-state index contributed by atoms with van der Waals surface area (Å²) in [5.74, 6) is -13.4. The quantitative estimate of drug-likeness (QED) is 0.00785. The number of hydrogen-bond acceptors (Lipinski definition) is 19. The van der Waals surface area contributed by atoms with Crippen molar-refractivity contribution in [1.82, 2.24) is 20.3 Å². The number of nitrogens with two attached hydrogens (primary N) is 1. The molecule has 1 amide bonds. The second-order valence-corrected chi connectivity index (χ2v) is 24.7. The molecular formula is C67H80N8O17. The van der Waals surface area contributed by atoms with Crippen molar-refractivity contribution in [1.29, 1.82) is 0 Å². The lowest BCUT2D eigenvalue weighted by molar-refractivity contribution is -0.422. The Morgan fingerprint density at radius 3 is 2.41 bits per heavy atom. The fourth-order valence-corrected chi connectivity index (χ4v) is 15.4. The fraction of sp³-hybridized carbons (Fsp3) is 0.433. The number of anilines is 2. The van der Waals surface area contributed by atoms with Gasteiger partial charge < -0.3 is 102 Å². The molecule has 2 aliphatic heterocycles. The number of carbonyl (C=O) groups excluding carboxylic acids is 1. The van der Waals surface area contributed by atoms with E-state index in [0.29, 0.717) is 91.7 Å². The number of amides is 1. The van der Waals surface area contributed by atoms with Crippen molar-refractivity contribution in [2.75, 3.05) is 43.1 Å². The van der Waals surface area contributed by atoms with Crippen molar-refractivity contribution in [2.45, 2.75) is 124 Å². The molecule has 25 heteroatoms. The van der Waals surface area contributed by atoms with Gasteiger partial charge in [0.25, 0.3) is 5.91 Å². The number of carboxylic acids is 1. The molecule has 6 aromatic rings. The van der Waals surface area contributed by atoms with Gasteiger partial charge >= 0.3 is 11.9 Å². The molecule has 1 saturated carbocycles. The van der Waals surface area contributed by atoms with Gasteiger partial charge in [0, 0.05) is 97.1 Å². The van der Waals surface area contributed by atoms with E-state index in [2.05, 4.69) is 30.6 Å². The summed E-state index contributed by atoms with van der Waals surface area (Å²) < 4.78 is 11.1. The second kappa shape index (κ2) is 27.0. The largest absolute Gasteiger partial charge is 0.508 e. The van der Waals surface area contributed by atoms with E-state index in [0.717, 1.165) is 34.1 Å². The molecule has 13 unspecified atom stereocenters. The van der Waals surface area contributed by atoms with E-state index in [9.17, 15) is 66.4 Å². The number of nitrogens with zero attached hydrogens (tertiary/aromatic N) is 3. The maximum absolute atomic E-state index is 15.9. The molecule has 2 fully saturated rings. The minimum Gasteiger partial charge on any atom is -0.508 e. The second-order valence-electron chi connectivity index (χ2n) is 24.7. The van der Waals surface area contributed by atoms with Crippen LogP contribution < -0.4 is 26.0 Å². The Morgan fingerprint density at radius 2 is 1.67 bits per heavy atom. The minimum atomic E-state index is -3.40. The number of allylic oxidation sites excluding steroid dienone is 1. The number of phenolic OH excluding ortho intramolecular Hbond substituents is 4. The van der Waals surface area contributed by atoms with Crippen molar-refractivity contribution >= 4 is 35.4 Å². The van der Waals surface area contributed by atoms with Crippen LogP contribution in [-0.2, 0) is 45.5 Å². The van der Waals surface area contributed by atoms with Gasteiger partial charge in [0.15, 0.2) is 29.1 Å². The standard InChI is InChI=1S/C67H80N8O17/c68-64(72-31-37-7-2-1-3-8-37)71-25-5-10-43(79)20-17-39-30-65(63(88)89)57(56(39)66-42(19-16-40(32-76)44(66)33-77)18-15-38-9-4-11-49(81)55(38)66)54-47(29-50(58(83)60(54)85)91-67(90)62(87)61(86)59(84)51(34-78)92-67)75(65)53(82)22-14-36-13-21-48(80)41(27-36)28-46-45(73-35-74-46)23-26-70-52-12-6-24-69-52/h1-4,6-9,11-14,21-22,24,27,29-30,35,40,42-44,51,56-57,59,61-62,69-70,76-81,83-87,90H,5,10,15-20,23,25-26,28,31-34H2,(H,73,74)(H,88,89)(H3,68,71,72). The molecule has 4 aromatic carbocycles. The fourth-order valence-electron chi connectivity index (χ4n) is 15.4. The molecule has 2 aromatic heterocycles. The Morgan fingerprint density at radius 1 is 0.870 bits per heavy atom. The van der Waals surface area contributed by atoms with Crippen LogP contribution in [0.5, 0.6) is 28.7 Å². The van der Waals surface area contributed by atoms with Gasteiger partial charge in [-0.3, -0.25) is 9.69 Å². The number of aromatic amines is 2. The number of aliphatic hydroxyl groups is 8. The molecule has 92 heavy (non-hydrogen) atoms. The van der Waals surface area contributed by atoms with Gasteiger partial charge in [-0.25, -0.2) is 14.8 Å². The van der Waals surface area contributed by atoms with E-state index in [1.807, 2.05) is 48.5 Å². The van der Waals surface area contributed by atoms with Crippen molar-refractivity contribution in [3.05, 3.63) is 160 Å². The molecule has 0 bridgehead atoms. The predicted molar refractivity (Wildman–Crippen MR) is 335 cm³/mol. The van der Waals surface area contributed by atoms with Crippen LogP contribution in [0.4, 0.5) is 11.5 Å². The Kier molecular flexibility index (Phi) is 19.1. The van der Waals surface area contributed by atoms with E-state index < -0.39 is 132 Å². The van der Waals surface area contributed by atoms with E-state index in [1.54, 1.807) is 24.7 Å². The van der Waals surface area contributed by atoms with Gasteiger partial charge in [0.1, 0.15) is 35.6 Å². The Balaban J connectivity index is 1.03. The molecule has 490 valence electrons. The number of aromatic nitrogens is 3. The summed E-state index contributed by atoms with van der Waals surface area (Å²) in [5.41, 5.74) is 5.92. The summed E-state index contributed by atoms with van der Waals surface area (Å²) in [6, 6.07) is 23.8. The van der Waals surface area contributed by atoms with Crippen molar-refractivity contribution in [3.63, 3.8) is 0 Å². The highest BCUT2D eigenvalue weighted by molar-refractivity contribution is 6.14. The lowest BCUT2D eigenvalue weighted by Gasteiger charge is -2.60. The monoisotopic (exact) mass is 1270 g/mol. The topological polar surface area (TPSA) is 426 Å². The normalized spacial score (nSPS) is 27.8. The van der Waals surface area contributed by atoms with Crippen LogP contribution >= 0.6 is 0 Å². The molecule has 11 rings (SSSR count). The lowest BCUT2D eigenvalue weighted by Crippen LogP contribution is -2.67. The highest BCUT2D eigenvalue weighted by Gasteiger charge is 2.72. The minimum absolute atomic E-state index is 0.0124. The van der Waals surface area contributed by atoms with Crippen LogP contribution in [-0.4, -0.2) is 174 Å². The Bertz CT molecular complexity index is 3710. The number of aromatic hydroxyl groups is 4. The van der Waals surface area contributed by atoms with Gasteiger partial charge in [-0.05, 0) is 128 Å². The van der Waals surface area contributed by atoms with Gasteiger partial charge in [0.2, 0.25) is 5.75 Å². The van der Waals surface area contributed by atoms with Crippen LogP contribution in [0.15, 0.2) is 120 Å². The summed E-state index contributed by atoms with van der Waals surface area (Å²) in [6.07, 6.45) is 0.778. The number of fused-ring (bicyclic) bond motifs is 6. The van der Waals surface area contributed by atoms with Crippen LogP contribution in [0.3, 0.4) is 0 Å². The van der Waals surface area contributed by atoms with E-state index in [1.165, 1.54) is 30.4 Å². The Labute approximate surface area is 529 Å².